The Balaban J connectivity index is 0.000000490. The number of alkyl halides is 3. The molecule has 0 radical (unpaired) electrons. The third-order valence-electron chi connectivity index (χ3n) is 3.96. The first-order valence-electron chi connectivity index (χ1n) is 10.3. The van der Waals surface area contributed by atoms with Gasteiger partial charge in [-0.3, -0.25) is 4.79 Å². The van der Waals surface area contributed by atoms with Gasteiger partial charge in [-0.1, -0.05) is 6.92 Å². The van der Waals surface area contributed by atoms with E-state index in [2.05, 4.69) is 0 Å². The molecule has 0 atom stereocenters. The maximum Gasteiger partial charge on any atom is 0.490 e. The number of likely N-dealkylation sites (tertiary alicyclic amines) is 1. The van der Waals surface area contributed by atoms with E-state index in [1.807, 2.05) is 27.7 Å². The van der Waals surface area contributed by atoms with Crippen molar-refractivity contribution in [2.75, 3.05) is 13.1 Å². The van der Waals surface area contributed by atoms with Crippen molar-refractivity contribution in [3.8, 4) is 0 Å². The first-order valence-corrected chi connectivity index (χ1v) is 10.3. The fraction of sp³-hybridized carbons (Fsp3) is 0.591. The lowest BCUT2D eigenvalue weighted by atomic mass is 10.1. The van der Waals surface area contributed by atoms with E-state index in [1.165, 1.54) is 6.42 Å². The molecule has 1 heterocycles. The SMILES string of the molecule is CC(C)(C)OC(=O)N1CCCCC1.CCCC(=O)c1cc(F)ccc1F.O=C(O)C(F)(F)F. The van der Waals surface area contributed by atoms with Crippen molar-refractivity contribution in [3.05, 3.63) is 35.4 Å². The zero-order valence-corrected chi connectivity index (χ0v) is 19.1. The van der Waals surface area contributed by atoms with Crippen LogP contribution in [0.4, 0.5) is 26.7 Å². The van der Waals surface area contributed by atoms with Crippen LogP contribution in [0.2, 0.25) is 0 Å². The Hall–Kier alpha value is -2.72. The van der Waals surface area contributed by atoms with Gasteiger partial charge in [0.2, 0.25) is 0 Å². The number of ether oxygens (including phenoxy) is 1. The summed E-state index contributed by atoms with van der Waals surface area (Å²) in [4.78, 5) is 33.4. The summed E-state index contributed by atoms with van der Waals surface area (Å²) in [6.07, 6.45) is -0.903. The van der Waals surface area contributed by atoms with Crippen LogP contribution in [0.3, 0.4) is 0 Å². The van der Waals surface area contributed by atoms with Crippen LogP contribution in [-0.2, 0) is 9.53 Å². The molecule has 0 aliphatic carbocycles. The number of carbonyl (C=O) groups is 3. The standard InChI is InChI=1S/C10H10F2O.C10H19NO2.C2HF3O2/c1-2-3-10(13)8-6-7(11)4-5-9(8)12;1-10(2,3)13-9(12)11-7-5-4-6-8-11;3-2(4,5)1(6)7/h4-6H,2-3H2,1H3;4-8H2,1-3H3;(H,6,7). The zero-order chi connectivity index (χ0) is 25.8. The number of aliphatic carboxylic acids is 1. The highest BCUT2D eigenvalue weighted by Crippen LogP contribution is 2.15. The number of amides is 1. The van der Waals surface area contributed by atoms with E-state index in [-0.39, 0.29) is 29.5 Å². The van der Waals surface area contributed by atoms with Crippen LogP contribution < -0.4 is 0 Å². The van der Waals surface area contributed by atoms with Crippen LogP contribution in [0.1, 0.15) is 70.2 Å². The second kappa shape index (κ2) is 13.7. The van der Waals surface area contributed by atoms with Gasteiger partial charge in [-0.25, -0.2) is 18.4 Å². The van der Waals surface area contributed by atoms with Crippen molar-refractivity contribution in [1.29, 1.82) is 0 Å². The summed E-state index contributed by atoms with van der Waals surface area (Å²) in [6, 6.07) is 2.91. The van der Waals surface area contributed by atoms with Crippen LogP contribution in [0, 0.1) is 11.6 Å². The van der Waals surface area contributed by atoms with Gasteiger partial charge < -0.3 is 14.7 Å². The Kier molecular flexibility index (Phi) is 12.6. The molecule has 1 amide bonds. The maximum absolute atomic E-state index is 13.0. The molecule has 1 aromatic carbocycles. The number of carboxylic acid groups (broad SMARTS) is 1. The highest BCUT2D eigenvalue weighted by atomic mass is 19.4. The minimum atomic E-state index is -5.08. The average Bonchev–Trinajstić information content (AvgIpc) is 2.69. The molecular weight excluding hydrogens is 453 g/mol. The normalized spacial score (nSPS) is 13.7. The van der Waals surface area contributed by atoms with Gasteiger partial charge in [0.1, 0.15) is 17.2 Å². The molecule has 11 heteroatoms. The monoisotopic (exact) mass is 483 g/mol. The Morgan fingerprint density at radius 1 is 1.03 bits per heavy atom. The topological polar surface area (TPSA) is 83.9 Å². The van der Waals surface area contributed by atoms with Crippen LogP contribution in [0.25, 0.3) is 0 Å². The fourth-order valence-corrected chi connectivity index (χ4v) is 2.48. The number of nitrogens with zero attached hydrogens (tertiary/aromatic N) is 1. The molecule has 1 saturated heterocycles. The average molecular weight is 483 g/mol. The van der Waals surface area contributed by atoms with E-state index >= 15 is 0 Å². The summed E-state index contributed by atoms with van der Waals surface area (Å²) in [5, 5.41) is 7.12. The number of piperidine rings is 1. The van der Waals surface area contributed by atoms with Crippen LogP contribution in [0.15, 0.2) is 18.2 Å². The molecule has 0 unspecified atom stereocenters. The molecule has 2 rings (SSSR count). The largest absolute Gasteiger partial charge is 0.490 e. The van der Waals surface area contributed by atoms with Crippen molar-refractivity contribution in [3.63, 3.8) is 0 Å². The molecule has 33 heavy (non-hydrogen) atoms. The molecule has 6 nitrogen and oxygen atoms in total. The van der Waals surface area contributed by atoms with Crippen molar-refractivity contribution in [1.82, 2.24) is 4.90 Å². The zero-order valence-electron chi connectivity index (χ0n) is 19.1. The van der Waals surface area contributed by atoms with Gasteiger partial charge in [-0.2, -0.15) is 13.2 Å². The molecule has 0 bridgehead atoms. The number of hydrogen-bond donors (Lipinski definition) is 1. The number of carbonyl (C=O) groups excluding carboxylic acids is 2. The number of ketones is 1. The lowest BCUT2D eigenvalue weighted by Gasteiger charge is -2.29. The second-order valence-corrected chi connectivity index (χ2v) is 8.13. The first kappa shape index (κ1) is 30.3. The molecule has 0 aromatic heterocycles. The summed E-state index contributed by atoms with van der Waals surface area (Å²) in [5.41, 5.74) is -0.518. The minimum absolute atomic E-state index is 0.151. The number of Topliss-reactive ketones (excluding diaryl/α,β-unsaturated/α-hetero) is 1. The number of rotatable bonds is 3. The summed E-state index contributed by atoms with van der Waals surface area (Å²) < 4.78 is 62.6. The summed E-state index contributed by atoms with van der Waals surface area (Å²) in [6.45, 7) is 9.22. The number of hydrogen-bond acceptors (Lipinski definition) is 4. The predicted molar refractivity (Wildman–Crippen MR) is 111 cm³/mol. The predicted octanol–water partition coefficient (Wildman–Crippen LogP) is 5.99. The summed E-state index contributed by atoms with van der Waals surface area (Å²) in [7, 11) is 0. The number of carboxylic acids is 1. The van der Waals surface area contributed by atoms with Gasteiger partial charge >= 0.3 is 18.2 Å². The van der Waals surface area contributed by atoms with Gasteiger partial charge in [-0.05, 0) is 64.7 Å². The van der Waals surface area contributed by atoms with Crippen molar-refractivity contribution in [2.24, 2.45) is 0 Å². The minimum Gasteiger partial charge on any atom is -0.475 e. The second-order valence-electron chi connectivity index (χ2n) is 8.13. The van der Waals surface area contributed by atoms with E-state index in [9.17, 15) is 31.5 Å². The Bertz CT molecular complexity index is 784. The first-order chi connectivity index (χ1) is 15.1. The van der Waals surface area contributed by atoms with Crippen molar-refractivity contribution >= 4 is 17.8 Å². The van der Waals surface area contributed by atoms with Crippen LogP contribution in [-0.4, -0.2) is 52.7 Å². The molecule has 0 spiro atoms. The Morgan fingerprint density at radius 2 is 1.55 bits per heavy atom. The van der Waals surface area contributed by atoms with E-state index in [1.54, 1.807) is 4.90 Å². The number of halogens is 5. The highest BCUT2D eigenvalue weighted by Gasteiger charge is 2.38. The van der Waals surface area contributed by atoms with Gasteiger partial charge in [-0.15, -0.1) is 0 Å². The van der Waals surface area contributed by atoms with Crippen molar-refractivity contribution < 1.29 is 46.2 Å². The van der Waals surface area contributed by atoms with Crippen LogP contribution >= 0.6 is 0 Å². The summed E-state index contributed by atoms with van der Waals surface area (Å²) >= 11 is 0. The molecule has 188 valence electrons. The number of benzene rings is 1. The molecule has 0 saturated carbocycles. The third kappa shape index (κ3) is 13.4. The van der Waals surface area contributed by atoms with E-state index in [0.29, 0.717) is 6.42 Å². The van der Waals surface area contributed by atoms with Gasteiger partial charge in [0, 0.05) is 19.5 Å². The maximum atomic E-state index is 13.0. The van der Waals surface area contributed by atoms with Gasteiger partial charge in [0.25, 0.3) is 0 Å². The van der Waals surface area contributed by atoms with Gasteiger partial charge in [0.05, 0.1) is 5.56 Å². The molecule has 1 N–H and O–H groups in total. The van der Waals surface area contributed by atoms with E-state index in [4.69, 9.17) is 14.6 Å². The smallest absolute Gasteiger partial charge is 0.475 e. The lowest BCUT2D eigenvalue weighted by Crippen LogP contribution is -2.39. The Morgan fingerprint density at radius 3 is 1.97 bits per heavy atom. The van der Waals surface area contributed by atoms with Crippen LogP contribution in [0.5, 0.6) is 0 Å². The van der Waals surface area contributed by atoms with E-state index in [0.717, 1.165) is 44.1 Å². The molecule has 1 aromatic rings. The molecule has 1 fully saturated rings. The van der Waals surface area contributed by atoms with E-state index < -0.39 is 23.8 Å². The quantitative estimate of drug-likeness (QED) is 0.422. The lowest BCUT2D eigenvalue weighted by molar-refractivity contribution is -0.192. The molecule has 1 aliphatic heterocycles. The highest BCUT2D eigenvalue weighted by molar-refractivity contribution is 5.96. The molecule has 1 aliphatic rings. The fourth-order valence-electron chi connectivity index (χ4n) is 2.48. The molecular formula is C22H30F5NO5. The summed E-state index contributed by atoms with van der Waals surface area (Å²) in [5.74, 6) is -4.34. The Labute approximate surface area is 189 Å². The van der Waals surface area contributed by atoms with Gasteiger partial charge in [0.15, 0.2) is 5.78 Å². The van der Waals surface area contributed by atoms with Crippen molar-refractivity contribution in [2.45, 2.75) is 71.6 Å². The third-order valence-corrected chi connectivity index (χ3v) is 3.96.